The largest absolute Gasteiger partial charge is 0.450 e. The number of anilines is 1. The molecule has 0 saturated carbocycles. The van der Waals surface area contributed by atoms with Crippen molar-refractivity contribution < 1.29 is 23.9 Å². The molecule has 3 heterocycles. The maximum absolute atomic E-state index is 12.4. The number of rotatable bonds is 4. The molecule has 2 aliphatic heterocycles. The Morgan fingerprint density at radius 1 is 1.24 bits per heavy atom. The highest BCUT2D eigenvalue weighted by atomic mass is 32.1. The minimum absolute atomic E-state index is 0.175. The Morgan fingerprint density at radius 3 is 2.64 bits per heavy atom. The van der Waals surface area contributed by atoms with Crippen LogP contribution in [0.2, 0.25) is 0 Å². The van der Waals surface area contributed by atoms with Crippen molar-refractivity contribution in [3.05, 3.63) is 10.6 Å². The number of nitrogens with one attached hydrogen (secondary N) is 1. The molecule has 1 aromatic rings. The number of aromatic nitrogens is 1. The first kappa shape index (κ1) is 17.3. The van der Waals surface area contributed by atoms with Crippen molar-refractivity contribution in [2.45, 2.75) is 32.7 Å². The molecule has 0 atom stereocenters. The standard InChI is InChI=1S/C15H18N4O5S/c1-2-24-15(23)17-14-16-9-5-6-18(7-10(9)25-14)13(22)8-19-11(20)3-4-12(19)21/h2-8H2,1H3,(H,16,17,23). The van der Waals surface area contributed by atoms with Gasteiger partial charge >= 0.3 is 6.09 Å². The van der Waals surface area contributed by atoms with E-state index in [2.05, 4.69) is 10.3 Å². The molecule has 1 saturated heterocycles. The topological polar surface area (TPSA) is 109 Å². The zero-order chi connectivity index (χ0) is 18.0. The van der Waals surface area contributed by atoms with Gasteiger partial charge in [-0.05, 0) is 6.92 Å². The first-order chi connectivity index (χ1) is 12.0. The lowest BCUT2D eigenvalue weighted by Gasteiger charge is -2.27. The van der Waals surface area contributed by atoms with Crippen LogP contribution in [0.3, 0.4) is 0 Å². The average Bonchev–Trinajstić information content (AvgIpc) is 3.11. The van der Waals surface area contributed by atoms with Crippen LogP contribution in [0.4, 0.5) is 9.93 Å². The Hall–Kier alpha value is -2.49. The number of carbonyl (C=O) groups excluding carboxylic acids is 4. The summed E-state index contributed by atoms with van der Waals surface area (Å²) >= 11 is 1.29. The predicted octanol–water partition coefficient (Wildman–Crippen LogP) is 0.745. The number of hydrogen-bond donors (Lipinski definition) is 1. The highest BCUT2D eigenvalue weighted by molar-refractivity contribution is 7.15. The van der Waals surface area contributed by atoms with Crippen LogP contribution in [0.1, 0.15) is 30.3 Å². The lowest BCUT2D eigenvalue weighted by Crippen LogP contribution is -2.44. The molecule has 0 aliphatic carbocycles. The molecule has 0 unspecified atom stereocenters. The number of hydrogen-bond acceptors (Lipinski definition) is 7. The molecule has 9 nitrogen and oxygen atoms in total. The summed E-state index contributed by atoms with van der Waals surface area (Å²) in [6, 6.07) is 0. The van der Waals surface area contributed by atoms with Crippen LogP contribution in [0.15, 0.2) is 0 Å². The summed E-state index contributed by atoms with van der Waals surface area (Å²) in [5, 5.41) is 2.99. The van der Waals surface area contributed by atoms with Crippen LogP contribution in [0.5, 0.6) is 0 Å². The highest BCUT2D eigenvalue weighted by Crippen LogP contribution is 2.28. The van der Waals surface area contributed by atoms with Crippen molar-refractivity contribution in [2.75, 3.05) is 25.0 Å². The van der Waals surface area contributed by atoms with E-state index >= 15 is 0 Å². The zero-order valence-corrected chi connectivity index (χ0v) is 14.6. The second kappa shape index (κ2) is 7.18. The van der Waals surface area contributed by atoms with Crippen molar-refractivity contribution >= 4 is 40.3 Å². The Kier molecular flexibility index (Phi) is 4.98. The van der Waals surface area contributed by atoms with Gasteiger partial charge in [-0.2, -0.15) is 0 Å². The average molecular weight is 366 g/mol. The summed E-state index contributed by atoms with van der Waals surface area (Å²) in [5.74, 6) is -0.855. The van der Waals surface area contributed by atoms with E-state index in [1.807, 2.05) is 0 Å². The molecule has 1 N–H and O–H groups in total. The summed E-state index contributed by atoms with van der Waals surface area (Å²) in [5.41, 5.74) is 0.842. The number of carbonyl (C=O) groups is 4. The SMILES string of the molecule is CCOC(=O)Nc1nc2c(s1)CN(C(=O)CN1C(=O)CCC1=O)CC2. The number of nitrogens with zero attached hydrogens (tertiary/aromatic N) is 3. The molecule has 3 rings (SSSR count). The monoisotopic (exact) mass is 366 g/mol. The van der Waals surface area contributed by atoms with E-state index < -0.39 is 6.09 Å². The molecular formula is C15H18N4O5S. The minimum atomic E-state index is -0.562. The van der Waals surface area contributed by atoms with E-state index in [1.54, 1.807) is 11.8 Å². The van der Waals surface area contributed by atoms with Gasteiger partial charge in [-0.1, -0.05) is 11.3 Å². The van der Waals surface area contributed by atoms with Gasteiger partial charge in [0.2, 0.25) is 17.7 Å². The number of ether oxygens (including phenoxy) is 1. The van der Waals surface area contributed by atoms with Gasteiger partial charge in [-0.15, -0.1) is 0 Å². The smallest absolute Gasteiger partial charge is 0.413 e. The van der Waals surface area contributed by atoms with Gasteiger partial charge in [-0.25, -0.2) is 9.78 Å². The van der Waals surface area contributed by atoms with E-state index in [0.717, 1.165) is 15.5 Å². The molecule has 25 heavy (non-hydrogen) atoms. The van der Waals surface area contributed by atoms with Crippen molar-refractivity contribution in [2.24, 2.45) is 0 Å². The van der Waals surface area contributed by atoms with Gasteiger partial charge in [0.1, 0.15) is 6.54 Å². The molecule has 134 valence electrons. The number of fused-ring (bicyclic) bond motifs is 1. The van der Waals surface area contributed by atoms with Gasteiger partial charge in [-0.3, -0.25) is 24.6 Å². The summed E-state index contributed by atoms with van der Waals surface area (Å²) in [4.78, 5) is 55.0. The predicted molar refractivity (Wildman–Crippen MR) is 87.8 cm³/mol. The van der Waals surface area contributed by atoms with E-state index in [9.17, 15) is 19.2 Å². The molecule has 0 radical (unpaired) electrons. The van der Waals surface area contributed by atoms with E-state index in [1.165, 1.54) is 11.3 Å². The summed E-state index contributed by atoms with van der Waals surface area (Å²) in [6.45, 7) is 2.59. The van der Waals surface area contributed by atoms with Crippen LogP contribution < -0.4 is 5.32 Å². The molecule has 2 aliphatic rings. The van der Waals surface area contributed by atoms with Gasteiger partial charge in [0.05, 0.1) is 18.8 Å². The fourth-order valence-corrected chi connectivity index (χ4v) is 3.76. The number of likely N-dealkylation sites (tertiary alicyclic amines) is 1. The minimum Gasteiger partial charge on any atom is -0.450 e. The Morgan fingerprint density at radius 2 is 1.96 bits per heavy atom. The van der Waals surface area contributed by atoms with Gasteiger partial charge in [0.15, 0.2) is 5.13 Å². The second-order valence-electron chi connectivity index (χ2n) is 5.67. The van der Waals surface area contributed by atoms with Crippen LogP contribution >= 0.6 is 11.3 Å². The maximum atomic E-state index is 12.4. The Balaban J connectivity index is 1.61. The molecule has 1 fully saturated rings. The van der Waals surface area contributed by atoms with E-state index in [4.69, 9.17) is 4.74 Å². The maximum Gasteiger partial charge on any atom is 0.413 e. The summed E-state index contributed by atoms with van der Waals surface area (Å²) < 4.78 is 4.81. The van der Waals surface area contributed by atoms with E-state index in [0.29, 0.717) is 24.6 Å². The van der Waals surface area contributed by atoms with Crippen molar-refractivity contribution in [3.8, 4) is 0 Å². The van der Waals surface area contributed by atoms with Crippen LogP contribution in [0.25, 0.3) is 0 Å². The molecule has 0 spiro atoms. The Bertz CT molecular complexity index is 716. The Labute approximate surface area is 147 Å². The number of amides is 4. The van der Waals surface area contributed by atoms with Gasteiger partial charge in [0, 0.05) is 30.7 Å². The van der Waals surface area contributed by atoms with E-state index in [-0.39, 0.29) is 43.7 Å². The first-order valence-electron chi connectivity index (χ1n) is 8.01. The third-order valence-corrected chi connectivity index (χ3v) is 5.01. The van der Waals surface area contributed by atoms with Gasteiger partial charge < -0.3 is 9.64 Å². The fourth-order valence-electron chi connectivity index (χ4n) is 2.75. The zero-order valence-electron chi connectivity index (χ0n) is 13.7. The summed E-state index contributed by atoms with van der Waals surface area (Å²) in [6.07, 6.45) is 0.346. The molecule has 10 heteroatoms. The van der Waals surface area contributed by atoms with Crippen LogP contribution in [-0.2, 0) is 32.1 Å². The molecule has 0 bridgehead atoms. The van der Waals surface area contributed by atoms with Crippen LogP contribution in [-0.4, -0.2) is 58.3 Å². The van der Waals surface area contributed by atoms with Crippen molar-refractivity contribution in [3.63, 3.8) is 0 Å². The molecule has 4 amide bonds. The highest BCUT2D eigenvalue weighted by Gasteiger charge is 2.33. The van der Waals surface area contributed by atoms with Crippen molar-refractivity contribution in [1.29, 1.82) is 0 Å². The molecule has 0 aromatic carbocycles. The normalized spacial score (nSPS) is 16.8. The second-order valence-corrected chi connectivity index (χ2v) is 6.76. The third-order valence-electron chi connectivity index (χ3n) is 4.02. The lowest BCUT2D eigenvalue weighted by atomic mass is 10.2. The molecular weight excluding hydrogens is 348 g/mol. The lowest BCUT2D eigenvalue weighted by molar-refractivity contribution is -0.145. The summed E-state index contributed by atoms with van der Waals surface area (Å²) in [7, 11) is 0. The fraction of sp³-hybridized carbons (Fsp3) is 0.533. The number of thiazole rings is 1. The van der Waals surface area contributed by atoms with Crippen molar-refractivity contribution in [1.82, 2.24) is 14.8 Å². The van der Waals surface area contributed by atoms with Crippen LogP contribution in [0, 0.1) is 0 Å². The third kappa shape index (κ3) is 3.78. The first-order valence-corrected chi connectivity index (χ1v) is 8.83. The molecule has 1 aromatic heterocycles. The number of imide groups is 1. The van der Waals surface area contributed by atoms with Gasteiger partial charge in [0.25, 0.3) is 0 Å². The quantitative estimate of drug-likeness (QED) is 0.788.